The first-order valence-electron chi connectivity index (χ1n) is 5.57. The highest BCUT2D eigenvalue weighted by molar-refractivity contribution is 6.32. The largest absolute Gasteiger partial charge is 0.462 e. The summed E-state index contributed by atoms with van der Waals surface area (Å²) in [6.45, 7) is 3.11. The van der Waals surface area contributed by atoms with Gasteiger partial charge in [0.25, 0.3) is 0 Å². The summed E-state index contributed by atoms with van der Waals surface area (Å²) >= 11 is 0. The van der Waals surface area contributed by atoms with Crippen LogP contribution in [0.5, 0.6) is 0 Å². The van der Waals surface area contributed by atoms with Crippen molar-refractivity contribution in [2.45, 2.75) is 19.9 Å². The van der Waals surface area contributed by atoms with E-state index < -0.39 is 11.9 Å². The minimum atomic E-state index is -0.791. The Kier molecular flexibility index (Phi) is 3.13. The number of ether oxygens (including phenoxy) is 1. The molecule has 1 aromatic rings. The molecule has 0 saturated heterocycles. The molecular weight excluding hydrogens is 218 g/mol. The van der Waals surface area contributed by atoms with Crippen LogP contribution in [0.2, 0.25) is 0 Å². The fourth-order valence-electron chi connectivity index (χ4n) is 2.07. The van der Waals surface area contributed by atoms with Crippen LogP contribution < -0.4 is 0 Å². The van der Waals surface area contributed by atoms with Crippen LogP contribution in [-0.2, 0) is 27.3 Å². The lowest BCUT2D eigenvalue weighted by Crippen LogP contribution is -2.40. The van der Waals surface area contributed by atoms with Gasteiger partial charge in [0.2, 0.25) is 0 Å². The number of hydrogen-bond donors (Lipinski definition) is 0. The van der Waals surface area contributed by atoms with Gasteiger partial charge in [-0.3, -0.25) is 4.79 Å². The Labute approximate surface area is 100 Å². The van der Waals surface area contributed by atoms with Gasteiger partial charge in [-0.25, -0.2) is 4.79 Å². The van der Waals surface area contributed by atoms with Gasteiger partial charge < -0.3 is 9.64 Å². The number of esters is 1. The van der Waals surface area contributed by atoms with E-state index in [9.17, 15) is 9.59 Å². The van der Waals surface area contributed by atoms with E-state index in [2.05, 4.69) is 10.8 Å². The van der Waals surface area contributed by atoms with E-state index in [-0.39, 0.29) is 0 Å². The van der Waals surface area contributed by atoms with E-state index in [1.165, 1.54) is 23.1 Å². The van der Waals surface area contributed by atoms with Crippen molar-refractivity contribution < 1.29 is 14.3 Å². The summed E-state index contributed by atoms with van der Waals surface area (Å²) in [5.74, 6) is -1.35. The zero-order valence-corrected chi connectivity index (χ0v) is 10.0. The Morgan fingerprint density at radius 2 is 2.06 bits per heavy atom. The number of aryl methyl sites for hydroxylation is 1. The van der Waals surface area contributed by atoms with Crippen molar-refractivity contribution in [3.63, 3.8) is 0 Å². The molecule has 0 radical (unpaired) electrons. The number of carbonyl (C=O) groups excluding carboxylic acids is 2. The van der Waals surface area contributed by atoms with Gasteiger partial charge in [0.15, 0.2) is 0 Å². The number of amides is 1. The Bertz CT molecular complexity index is 468. The van der Waals surface area contributed by atoms with Gasteiger partial charge >= 0.3 is 11.9 Å². The molecule has 17 heavy (non-hydrogen) atoms. The van der Waals surface area contributed by atoms with Gasteiger partial charge in [0.05, 0.1) is 7.11 Å². The Balaban J connectivity index is 2.16. The number of methoxy groups -OCH3 is 1. The van der Waals surface area contributed by atoms with E-state index in [0.717, 1.165) is 12.0 Å². The first kappa shape index (κ1) is 11.6. The smallest absolute Gasteiger partial charge is 0.396 e. The fraction of sp³-hybridized carbons (Fsp3) is 0.385. The van der Waals surface area contributed by atoms with Gasteiger partial charge in [-0.1, -0.05) is 23.8 Å². The van der Waals surface area contributed by atoms with Gasteiger partial charge in [-0.15, -0.1) is 0 Å². The molecular formula is C13H15NO3. The molecule has 0 N–H and O–H groups in total. The van der Waals surface area contributed by atoms with Crippen LogP contribution in [0, 0.1) is 6.92 Å². The molecule has 1 aliphatic heterocycles. The molecule has 0 unspecified atom stereocenters. The molecule has 90 valence electrons. The molecule has 0 aliphatic carbocycles. The molecule has 0 bridgehead atoms. The summed E-state index contributed by atoms with van der Waals surface area (Å²) in [5, 5.41) is 0. The minimum absolute atomic E-state index is 0.490. The highest BCUT2D eigenvalue weighted by Crippen LogP contribution is 2.20. The van der Waals surface area contributed by atoms with E-state index in [0.29, 0.717) is 13.1 Å². The van der Waals surface area contributed by atoms with Crippen LogP contribution in [0.4, 0.5) is 0 Å². The first-order chi connectivity index (χ1) is 8.11. The van der Waals surface area contributed by atoms with Gasteiger partial charge in [-0.05, 0) is 24.5 Å². The maximum absolute atomic E-state index is 11.7. The Morgan fingerprint density at radius 3 is 2.76 bits per heavy atom. The zero-order valence-electron chi connectivity index (χ0n) is 10.0. The number of carbonyl (C=O) groups is 2. The second-order valence-electron chi connectivity index (χ2n) is 4.24. The molecule has 1 aromatic carbocycles. The standard InChI is InChI=1S/C13H15NO3/c1-9-3-4-11-8-14(6-5-10(11)7-9)12(15)13(16)17-2/h3-4,7H,5-6,8H2,1-2H3. The molecule has 0 atom stereocenters. The van der Waals surface area contributed by atoms with Crippen LogP contribution in [-0.4, -0.2) is 30.4 Å². The third-order valence-electron chi connectivity index (χ3n) is 3.02. The van der Waals surface area contributed by atoms with E-state index in [1.54, 1.807) is 0 Å². The highest BCUT2D eigenvalue weighted by atomic mass is 16.5. The average molecular weight is 233 g/mol. The van der Waals surface area contributed by atoms with Crippen molar-refractivity contribution >= 4 is 11.9 Å². The number of nitrogens with zero attached hydrogens (tertiary/aromatic N) is 1. The summed E-state index contributed by atoms with van der Waals surface area (Å²) in [5.41, 5.74) is 3.59. The van der Waals surface area contributed by atoms with Gasteiger partial charge in [0.1, 0.15) is 0 Å². The van der Waals surface area contributed by atoms with Gasteiger partial charge in [0, 0.05) is 13.1 Å². The summed E-state index contributed by atoms with van der Waals surface area (Å²) in [4.78, 5) is 24.4. The lowest BCUT2D eigenvalue weighted by Gasteiger charge is -2.28. The second-order valence-corrected chi connectivity index (χ2v) is 4.24. The first-order valence-corrected chi connectivity index (χ1v) is 5.57. The second kappa shape index (κ2) is 4.57. The van der Waals surface area contributed by atoms with E-state index >= 15 is 0 Å². The molecule has 0 aromatic heterocycles. The van der Waals surface area contributed by atoms with Crippen molar-refractivity contribution in [3.05, 3.63) is 34.9 Å². The number of hydrogen-bond acceptors (Lipinski definition) is 3. The molecule has 4 nitrogen and oxygen atoms in total. The SMILES string of the molecule is COC(=O)C(=O)N1CCc2cc(C)ccc2C1. The lowest BCUT2D eigenvalue weighted by molar-refractivity contribution is -0.158. The van der Waals surface area contributed by atoms with Crippen LogP contribution in [0.3, 0.4) is 0 Å². The molecule has 4 heteroatoms. The number of benzene rings is 1. The van der Waals surface area contributed by atoms with Gasteiger partial charge in [-0.2, -0.15) is 0 Å². The Morgan fingerprint density at radius 1 is 1.29 bits per heavy atom. The maximum atomic E-state index is 11.7. The Hall–Kier alpha value is -1.84. The van der Waals surface area contributed by atoms with Crippen molar-refractivity contribution in [2.75, 3.05) is 13.7 Å². The molecule has 0 fully saturated rings. The van der Waals surface area contributed by atoms with Crippen molar-refractivity contribution in [2.24, 2.45) is 0 Å². The monoisotopic (exact) mass is 233 g/mol. The molecule has 1 amide bonds. The fourth-order valence-corrected chi connectivity index (χ4v) is 2.07. The summed E-state index contributed by atoms with van der Waals surface area (Å²) in [6.07, 6.45) is 0.791. The molecule has 1 heterocycles. The average Bonchev–Trinajstić information content (AvgIpc) is 2.36. The predicted octanol–water partition coefficient (Wildman–Crippen LogP) is 1.05. The van der Waals surface area contributed by atoms with Crippen molar-refractivity contribution in [3.8, 4) is 0 Å². The summed E-state index contributed by atoms with van der Waals surface area (Å²) in [7, 11) is 1.22. The molecule has 0 spiro atoms. The predicted molar refractivity (Wildman–Crippen MR) is 62.3 cm³/mol. The normalized spacial score (nSPS) is 14.1. The van der Waals surface area contributed by atoms with Crippen LogP contribution >= 0.6 is 0 Å². The summed E-state index contributed by atoms with van der Waals surface area (Å²) in [6, 6.07) is 6.17. The van der Waals surface area contributed by atoms with E-state index in [1.807, 2.05) is 19.1 Å². The van der Waals surface area contributed by atoms with Crippen molar-refractivity contribution in [1.29, 1.82) is 0 Å². The van der Waals surface area contributed by atoms with Crippen LogP contribution in [0.25, 0.3) is 0 Å². The topological polar surface area (TPSA) is 46.6 Å². The van der Waals surface area contributed by atoms with E-state index in [4.69, 9.17) is 0 Å². The van der Waals surface area contributed by atoms with Crippen LogP contribution in [0.1, 0.15) is 16.7 Å². The highest BCUT2D eigenvalue weighted by Gasteiger charge is 2.26. The lowest BCUT2D eigenvalue weighted by atomic mass is 9.98. The molecule has 0 saturated carbocycles. The number of fused-ring (bicyclic) bond motifs is 1. The molecule has 1 aliphatic rings. The maximum Gasteiger partial charge on any atom is 0.396 e. The quantitative estimate of drug-likeness (QED) is 0.497. The zero-order chi connectivity index (χ0) is 12.4. The van der Waals surface area contributed by atoms with Crippen molar-refractivity contribution in [1.82, 2.24) is 4.90 Å². The third-order valence-corrected chi connectivity index (χ3v) is 3.02. The van der Waals surface area contributed by atoms with Crippen LogP contribution in [0.15, 0.2) is 18.2 Å². The minimum Gasteiger partial charge on any atom is -0.462 e. The summed E-state index contributed by atoms with van der Waals surface area (Å²) < 4.78 is 4.44. The number of rotatable bonds is 0. The third kappa shape index (κ3) is 2.30. The molecule has 2 rings (SSSR count).